The summed E-state index contributed by atoms with van der Waals surface area (Å²) in [7, 11) is 0. The number of nitrogens with two attached hydrogens (primary N) is 1. The van der Waals surface area contributed by atoms with Crippen LogP contribution in [-0.2, 0) is 4.79 Å². The van der Waals surface area contributed by atoms with Gasteiger partial charge in [-0.3, -0.25) is 4.79 Å². The third kappa shape index (κ3) is 2.97. The van der Waals surface area contributed by atoms with Gasteiger partial charge in [0, 0.05) is 6.54 Å². The van der Waals surface area contributed by atoms with Gasteiger partial charge in [0.25, 0.3) is 0 Å². The van der Waals surface area contributed by atoms with Crippen molar-refractivity contribution in [3.8, 4) is 0 Å². The Morgan fingerprint density at radius 2 is 2.00 bits per heavy atom. The van der Waals surface area contributed by atoms with E-state index in [0.717, 1.165) is 13.0 Å². The second-order valence-electron chi connectivity index (χ2n) is 6.27. The highest BCUT2D eigenvalue weighted by molar-refractivity contribution is 5.82. The first kappa shape index (κ1) is 13.5. The predicted molar refractivity (Wildman–Crippen MR) is 67.0 cm³/mol. The van der Waals surface area contributed by atoms with Crippen molar-refractivity contribution in [3.05, 3.63) is 0 Å². The fourth-order valence-corrected chi connectivity index (χ4v) is 2.11. The van der Waals surface area contributed by atoms with Crippen molar-refractivity contribution >= 4 is 5.91 Å². The summed E-state index contributed by atoms with van der Waals surface area (Å²) >= 11 is 0. The summed E-state index contributed by atoms with van der Waals surface area (Å²) in [4.78, 5) is 11.9. The van der Waals surface area contributed by atoms with E-state index in [4.69, 9.17) is 5.73 Å². The fourth-order valence-electron chi connectivity index (χ4n) is 2.11. The van der Waals surface area contributed by atoms with Crippen LogP contribution in [0.1, 0.15) is 53.4 Å². The molecule has 16 heavy (non-hydrogen) atoms. The minimum atomic E-state index is -0.415. The summed E-state index contributed by atoms with van der Waals surface area (Å²) in [5.74, 6) is -0.00720. The van der Waals surface area contributed by atoms with Crippen LogP contribution in [0.2, 0.25) is 0 Å². The van der Waals surface area contributed by atoms with Crippen LogP contribution in [0.4, 0.5) is 0 Å². The molecule has 1 fully saturated rings. The lowest BCUT2D eigenvalue weighted by Crippen LogP contribution is -2.51. The van der Waals surface area contributed by atoms with Crippen LogP contribution in [0.25, 0.3) is 0 Å². The average molecular weight is 226 g/mol. The predicted octanol–water partition coefficient (Wildman–Crippen LogP) is 2.06. The van der Waals surface area contributed by atoms with Gasteiger partial charge in [-0.05, 0) is 30.1 Å². The van der Waals surface area contributed by atoms with E-state index in [1.807, 2.05) is 20.8 Å². The van der Waals surface area contributed by atoms with E-state index in [1.54, 1.807) is 0 Å². The molecule has 1 saturated carbocycles. The first-order valence-corrected chi connectivity index (χ1v) is 6.34. The molecule has 0 saturated heterocycles. The van der Waals surface area contributed by atoms with Gasteiger partial charge in [0.05, 0.1) is 6.04 Å². The zero-order chi connectivity index (χ0) is 12.4. The van der Waals surface area contributed by atoms with Crippen LogP contribution < -0.4 is 11.1 Å². The molecule has 1 rings (SSSR count). The zero-order valence-corrected chi connectivity index (χ0v) is 11.1. The van der Waals surface area contributed by atoms with E-state index in [1.165, 1.54) is 19.3 Å². The Hall–Kier alpha value is -0.570. The molecule has 3 nitrogen and oxygen atoms in total. The summed E-state index contributed by atoms with van der Waals surface area (Å²) in [6.07, 6.45) is 4.94. The summed E-state index contributed by atoms with van der Waals surface area (Å²) < 4.78 is 0. The van der Waals surface area contributed by atoms with Crippen molar-refractivity contribution < 1.29 is 4.79 Å². The van der Waals surface area contributed by atoms with Gasteiger partial charge in [-0.25, -0.2) is 0 Å². The fraction of sp³-hybridized carbons (Fsp3) is 0.923. The zero-order valence-electron chi connectivity index (χ0n) is 11.1. The second-order valence-corrected chi connectivity index (χ2v) is 6.27. The van der Waals surface area contributed by atoms with Gasteiger partial charge in [-0.2, -0.15) is 0 Å². The first-order valence-electron chi connectivity index (χ1n) is 6.34. The average Bonchev–Trinajstić information content (AvgIpc) is 2.14. The third-order valence-electron chi connectivity index (χ3n) is 4.02. The quantitative estimate of drug-likeness (QED) is 0.771. The molecular formula is C13H26N2O. The van der Waals surface area contributed by atoms with Crippen molar-refractivity contribution in [2.45, 2.75) is 59.4 Å². The Labute approximate surface area is 99.2 Å². The summed E-state index contributed by atoms with van der Waals surface area (Å²) in [6, 6.07) is -0.415. The molecule has 0 aromatic heterocycles. The standard InChI is InChI=1S/C13H26N2O/c1-5-13(7-6-8-13)9-15-11(16)10(14)12(2,3)4/h10H,5-9,14H2,1-4H3,(H,15,16)/t10-/m1/s1. The van der Waals surface area contributed by atoms with Crippen molar-refractivity contribution in [2.75, 3.05) is 6.54 Å². The highest BCUT2D eigenvalue weighted by Gasteiger charge is 2.36. The molecule has 3 N–H and O–H groups in total. The maximum atomic E-state index is 11.9. The maximum Gasteiger partial charge on any atom is 0.237 e. The lowest BCUT2D eigenvalue weighted by Gasteiger charge is -2.41. The van der Waals surface area contributed by atoms with Crippen molar-refractivity contribution in [3.63, 3.8) is 0 Å². The summed E-state index contributed by atoms with van der Waals surface area (Å²) in [5.41, 5.74) is 6.12. The Morgan fingerprint density at radius 3 is 2.31 bits per heavy atom. The highest BCUT2D eigenvalue weighted by atomic mass is 16.2. The lowest BCUT2D eigenvalue weighted by atomic mass is 9.67. The maximum absolute atomic E-state index is 11.9. The molecule has 94 valence electrons. The van der Waals surface area contributed by atoms with Gasteiger partial charge in [-0.15, -0.1) is 0 Å². The van der Waals surface area contributed by atoms with E-state index < -0.39 is 6.04 Å². The number of rotatable bonds is 4. The summed E-state index contributed by atoms with van der Waals surface area (Å²) in [6.45, 7) is 8.99. The van der Waals surface area contributed by atoms with Crippen LogP contribution in [0.3, 0.4) is 0 Å². The molecule has 1 aliphatic carbocycles. The van der Waals surface area contributed by atoms with E-state index in [0.29, 0.717) is 5.41 Å². The minimum absolute atomic E-state index is 0.00720. The number of hydrogen-bond acceptors (Lipinski definition) is 2. The second kappa shape index (κ2) is 4.74. The van der Waals surface area contributed by atoms with Gasteiger partial charge in [0.1, 0.15) is 0 Å². The molecule has 1 aliphatic rings. The molecule has 0 spiro atoms. The van der Waals surface area contributed by atoms with E-state index in [2.05, 4.69) is 12.2 Å². The number of carbonyl (C=O) groups is 1. The van der Waals surface area contributed by atoms with E-state index in [-0.39, 0.29) is 11.3 Å². The highest BCUT2D eigenvalue weighted by Crippen LogP contribution is 2.43. The molecule has 0 heterocycles. The molecule has 0 radical (unpaired) electrons. The third-order valence-corrected chi connectivity index (χ3v) is 4.02. The Balaban J connectivity index is 2.41. The first-order chi connectivity index (χ1) is 7.31. The number of carbonyl (C=O) groups excluding carboxylic acids is 1. The van der Waals surface area contributed by atoms with Crippen molar-refractivity contribution in [2.24, 2.45) is 16.6 Å². The normalized spacial score (nSPS) is 21.1. The van der Waals surface area contributed by atoms with Gasteiger partial charge >= 0.3 is 0 Å². The molecule has 0 aromatic rings. The molecule has 0 unspecified atom stereocenters. The SMILES string of the molecule is CCC1(CNC(=O)[C@@H](N)C(C)(C)C)CCC1. The van der Waals surface area contributed by atoms with Gasteiger partial charge < -0.3 is 11.1 Å². The van der Waals surface area contributed by atoms with Gasteiger partial charge in [0.15, 0.2) is 0 Å². The molecular weight excluding hydrogens is 200 g/mol. The van der Waals surface area contributed by atoms with Crippen molar-refractivity contribution in [1.82, 2.24) is 5.32 Å². The molecule has 0 bridgehead atoms. The minimum Gasteiger partial charge on any atom is -0.354 e. The van der Waals surface area contributed by atoms with Crippen molar-refractivity contribution in [1.29, 1.82) is 0 Å². The Bertz CT molecular complexity index is 246. The number of nitrogens with one attached hydrogen (secondary N) is 1. The monoisotopic (exact) mass is 226 g/mol. The van der Waals surface area contributed by atoms with Crippen LogP contribution in [0.5, 0.6) is 0 Å². The van der Waals surface area contributed by atoms with Crippen LogP contribution in [-0.4, -0.2) is 18.5 Å². The van der Waals surface area contributed by atoms with E-state index >= 15 is 0 Å². The molecule has 0 aromatic carbocycles. The Kier molecular flexibility index (Phi) is 4.00. The smallest absolute Gasteiger partial charge is 0.237 e. The Morgan fingerprint density at radius 1 is 1.44 bits per heavy atom. The number of amides is 1. The van der Waals surface area contributed by atoms with E-state index in [9.17, 15) is 4.79 Å². The topological polar surface area (TPSA) is 55.1 Å². The van der Waals surface area contributed by atoms with Gasteiger partial charge in [-0.1, -0.05) is 34.1 Å². The summed E-state index contributed by atoms with van der Waals surface area (Å²) in [5, 5.41) is 3.02. The number of hydrogen-bond donors (Lipinski definition) is 2. The molecule has 3 heteroatoms. The van der Waals surface area contributed by atoms with Gasteiger partial charge in [0.2, 0.25) is 5.91 Å². The van der Waals surface area contributed by atoms with Crippen LogP contribution in [0, 0.1) is 10.8 Å². The molecule has 0 aliphatic heterocycles. The lowest BCUT2D eigenvalue weighted by molar-refractivity contribution is -0.125. The van der Waals surface area contributed by atoms with Crippen LogP contribution >= 0.6 is 0 Å². The largest absolute Gasteiger partial charge is 0.354 e. The van der Waals surface area contributed by atoms with Crippen LogP contribution in [0.15, 0.2) is 0 Å². The molecule has 1 atom stereocenters. The molecule has 1 amide bonds.